The number of carbonyl (C=O) groups excluding carboxylic acids is 1. The quantitative estimate of drug-likeness (QED) is 0.816. The second-order valence-corrected chi connectivity index (χ2v) is 3.61. The molecule has 0 aliphatic carbocycles. The fraction of sp³-hybridized carbons (Fsp3) is 0.333. The second-order valence-electron chi connectivity index (χ2n) is 3.61. The topological polar surface area (TPSA) is 51.2 Å². The molecule has 0 atom stereocenters. The molecule has 0 saturated heterocycles. The van der Waals surface area contributed by atoms with Gasteiger partial charge in [-0.3, -0.25) is 0 Å². The lowest BCUT2D eigenvalue weighted by atomic mass is 10.0. The molecule has 0 aromatic carbocycles. The summed E-state index contributed by atoms with van der Waals surface area (Å²) < 4.78 is 4.60. The summed E-state index contributed by atoms with van der Waals surface area (Å²) in [6.45, 7) is 1.89. The molecule has 5 heteroatoms. The van der Waals surface area contributed by atoms with E-state index in [1.807, 2.05) is 6.07 Å². The standard InChI is InChI=1S/C12H14N2O2.ClH/c1-16-12(15)11-3-2-10(8-14-11)9-4-6-13-7-5-9;/h2-4,8,13H,5-7H2,1H3;1H. The van der Waals surface area contributed by atoms with Crippen LogP contribution in [-0.2, 0) is 4.74 Å². The normalized spacial score (nSPS) is 14.5. The Balaban J connectivity index is 0.00000144. The number of nitrogens with one attached hydrogen (secondary N) is 1. The third-order valence-electron chi connectivity index (χ3n) is 2.59. The van der Waals surface area contributed by atoms with Crippen molar-refractivity contribution in [3.8, 4) is 0 Å². The van der Waals surface area contributed by atoms with Crippen LogP contribution in [0.5, 0.6) is 0 Å². The Kier molecular flexibility index (Phi) is 5.12. The summed E-state index contributed by atoms with van der Waals surface area (Å²) in [5.41, 5.74) is 2.71. The van der Waals surface area contributed by atoms with Gasteiger partial charge in [-0.25, -0.2) is 9.78 Å². The van der Waals surface area contributed by atoms with Crippen molar-refractivity contribution in [2.24, 2.45) is 0 Å². The fourth-order valence-corrected chi connectivity index (χ4v) is 1.69. The molecule has 0 radical (unpaired) electrons. The van der Waals surface area contributed by atoms with Crippen molar-refractivity contribution in [2.45, 2.75) is 6.42 Å². The minimum atomic E-state index is -0.397. The van der Waals surface area contributed by atoms with E-state index < -0.39 is 5.97 Å². The van der Waals surface area contributed by atoms with E-state index in [-0.39, 0.29) is 12.4 Å². The minimum absolute atomic E-state index is 0. The number of nitrogens with zero attached hydrogens (tertiary/aromatic N) is 1. The first kappa shape index (κ1) is 13.7. The Hall–Kier alpha value is -1.39. The van der Waals surface area contributed by atoms with Gasteiger partial charge in [0.25, 0.3) is 0 Å². The van der Waals surface area contributed by atoms with Gasteiger partial charge in [-0.05, 0) is 30.2 Å². The molecule has 0 bridgehead atoms. The molecule has 17 heavy (non-hydrogen) atoms. The van der Waals surface area contributed by atoms with E-state index in [1.54, 1.807) is 12.3 Å². The average Bonchev–Trinajstić information content (AvgIpc) is 2.39. The molecule has 0 spiro atoms. The van der Waals surface area contributed by atoms with Crippen molar-refractivity contribution in [2.75, 3.05) is 20.2 Å². The van der Waals surface area contributed by atoms with Gasteiger partial charge >= 0.3 is 5.97 Å². The lowest BCUT2D eigenvalue weighted by Crippen LogP contribution is -2.20. The van der Waals surface area contributed by atoms with Crippen LogP contribution in [-0.4, -0.2) is 31.2 Å². The van der Waals surface area contributed by atoms with Crippen LogP contribution in [0.1, 0.15) is 22.5 Å². The Morgan fingerprint density at radius 1 is 1.47 bits per heavy atom. The molecule has 4 nitrogen and oxygen atoms in total. The zero-order valence-electron chi connectivity index (χ0n) is 9.60. The molecule has 0 saturated carbocycles. The molecule has 92 valence electrons. The highest BCUT2D eigenvalue weighted by atomic mass is 35.5. The minimum Gasteiger partial charge on any atom is -0.464 e. The number of hydrogen-bond acceptors (Lipinski definition) is 4. The molecular weight excluding hydrogens is 240 g/mol. The Morgan fingerprint density at radius 3 is 2.82 bits per heavy atom. The van der Waals surface area contributed by atoms with Gasteiger partial charge in [-0.2, -0.15) is 0 Å². The molecule has 1 aromatic heterocycles. The Bertz CT molecular complexity index is 415. The highest BCUT2D eigenvalue weighted by Gasteiger charge is 2.09. The predicted molar refractivity (Wildman–Crippen MR) is 68.3 cm³/mol. The first-order chi connectivity index (χ1) is 7.81. The molecule has 1 aromatic rings. The van der Waals surface area contributed by atoms with Crippen LogP contribution in [0, 0.1) is 0 Å². The van der Waals surface area contributed by atoms with Crippen molar-refractivity contribution in [1.82, 2.24) is 10.3 Å². The highest BCUT2D eigenvalue weighted by Crippen LogP contribution is 2.18. The van der Waals surface area contributed by atoms with Gasteiger partial charge in [0.15, 0.2) is 0 Å². The number of hydrogen-bond donors (Lipinski definition) is 1. The number of halogens is 1. The van der Waals surface area contributed by atoms with E-state index >= 15 is 0 Å². The monoisotopic (exact) mass is 254 g/mol. The zero-order valence-corrected chi connectivity index (χ0v) is 10.4. The molecule has 0 unspecified atom stereocenters. The zero-order chi connectivity index (χ0) is 11.4. The molecule has 1 aliphatic rings. The van der Waals surface area contributed by atoms with E-state index in [9.17, 15) is 4.79 Å². The Morgan fingerprint density at radius 2 is 2.29 bits per heavy atom. The summed E-state index contributed by atoms with van der Waals surface area (Å²) in [7, 11) is 1.35. The highest BCUT2D eigenvalue weighted by molar-refractivity contribution is 5.87. The molecule has 2 heterocycles. The van der Waals surface area contributed by atoms with Crippen molar-refractivity contribution in [3.05, 3.63) is 35.7 Å². The van der Waals surface area contributed by atoms with Crippen LogP contribution in [0.15, 0.2) is 24.4 Å². The number of methoxy groups -OCH3 is 1. The van der Waals surface area contributed by atoms with Gasteiger partial charge in [0.1, 0.15) is 5.69 Å². The maximum atomic E-state index is 11.2. The molecular formula is C12H15ClN2O2. The third-order valence-corrected chi connectivity index (χ3v) is 2.59. The maximum Gasteiger partial charge on any atom is 0.356 e. The lowest BCUT2D eigenvalue weighted by Gasteiger charge is -2.13. The molecule has 0 fully saturated rings. The summed E-state index contributed by atoms with van der Waals surface area (Å²) in [6.07, 6.45) is 4.88. The van der Waals surface area contributed by atoms with Crippen molar-refractivity contribution >= 4 is 23.9 Å². The summed E-state index contributed by atoms with van der Waals surface area (Å²) in [4.78, 5) is 15.3. The SMILES string of the molecule is COC(=O)c1ccc(C2=CCNCC2)cn1.Cl. The molecule has 2 rings (SSSR count). The summed E-state index contributed by atoms with van der Waals surface area (Å²) >= 11 is 0. The summed E-state index contributed by atoms with van der Waals surface area (Å²) in [5.74, 6) is -0.397. The number of esters is 1. The largest absolute Gasteiger partial charge is 0.464 e. The fourth-order valence-electron chi connectivity index (χ4n) is 1.69. The van der Waals surface area contributed by atoms with E-state index in [0.29, 0.717) is 5.69 Å². The first-order valence-electron chi connectivity index (χ1n) is 5.26. The second kappa shape index (κ2) is 6.37. The van der Waals surface area contributed by atoms with Gasteiger partial charge in [0.2, 0.25) is 0 Å². The number of ether oxygens (including phenoxy) is 1. The number of carbonyl (C=O) groups is 1. The van der Waals surface area contributed by atoms with Gasteiger partial charge in [-0.15, -0.1) is 12.4 Å². The summed E-state index contributed by atoms with van der Waals surface area (Å²) in [6, 6.07) is 3.61. The van der Waals surface area contributed by atoms with Crippen LogP contribution in [0.4, 0.5) is 0 Å². The number of rotatable bonds is 2. The van der Waals surface area contributed by atoms with Gasteiger partial charge in [-0.1, -0.05) is 12.1 Å². The van der Waals surface area contributed by atoms with Crippen molar-refractivity contribution in [3.63, 3.8) is 0 Å². The molecule has 0 amide bonds. The molecule has 1 aliphatic heterocycles. The first-order valence-corrected chi connectivity index (χ1v) is 5.26. The van der Waals surface area contributed by atoms with E-state index in [4.69, 9.17) is 0 Å². The van der Waals surface area contributed by atoms with Gasteiger partial charge < -0.3 is 10.1 Å². The van der Waals surface area contributed by atoms with E-state index in [1.165, 1.54) is 12.7 Å². The van der Waals surface area contributed by atoms with Crippen LogP contribution < -0.4 is 5.32 Å². The smallest absolute Gasteiger partial charge is 0.356 e. The maximum absolute atomic E-state index is 11.2. The van der Waals surface area contributed by atoms with E-state index in [0.717, 1.165) is 25.1 Å². The average molecular weight is 255 g/mol. The van der Waals surface area contributed by atoms with Gasteiger partial charge in [0.05, 0.1) is 7.11 Å². The molecule has 1 N–H and O–H groups in total. The van der Waals surface area contributed by atoms with Crippen LogP contribution >= 0.6 is 12.4 Å². The van der Waals surface area contributed by atoms with Crippen LogP contribution in [0.3, 0.4) is 0 Å². The van der Waals surface area contributed by atoms with E-state index in [2.05, 4.69) is 21.1 Å². The number of pyridine rings is 1. The number of aromatic nitrogens is 1. The lowest BCUT2D eigenvalue weighted by molar-refractivity contribution is 0.0594. The Labute approximate surface area is 106 Å². The predicted octanol–water partition coefficient (Wildman–Crippen LogP) is 1.67. The summed E-state index contributed by atoms with van der Waals surface area (Å²) in [5, 5.41) is 3.25. The van der Waals surface area contributed by atoms with Crippen LogP contribution in [0.2, 0.25) is 0 Å². The third kappa shape index (κ3) is 3.28. The van der Waals surface area contributed by atoms with Crippen molar-refractivity contribution in [1.29, 1.82) is 0 Å². The van der Waals surface area contributed by atoms with Crippen molar-refractivity contribution < 1.29 is 9.53 Å². The van der Waals surface area contributed by atoms with Crippen LogP contribution in [0.25, 0.3) is 5.57 Å². The van der Waals surface area contributed by atoms with Gasteiger partial charge in [0, 0.05) is 12.7 Å².